The van der Waals surface area contributed by atoms with Gasteiger partial charge in [-0.05, 0) is 49.5 Å². The standard InChI is InChI=1S/C17H17N3O4/c21-13-4-3-12(15(22)19-13)20-16(23)11-2-1-9-5-7-18-8-6-10(9)14(11)17(20)24/h1-2,12,18H,3-8H2,(H,19,21,22). The minimum absolute atomic E-state index is 0.131. The molecule has 4 amide bonds. The van der Waals surface area contributed by atoms with Crippen LogP contribution in [0, 0.1) is 0 Å². The third kappa shape index (κ3) is 2.16. The highest BCUT2D eigenvalue weighted by atomic mass is 16.2. The fraction of sp³-hybridized carbons (Fsp3) is 0.412. The Morgan fingerprint density at radius 3 is 2.54 bits per heavy atom. The molecule has 0 aliphatic carbocycles. The van der Waals surface area contributed by atoms with Gasteiger partial charge in [0.25, 0.3) is 11.8 Å². The summed E-state index contributed by atoms with van der Waals surface area (Å²) in [5.74, 6) is -1.80. The van der Waals surface area contributed by atoms with Gasteiger partial charge in [-0.2, -0.15) is 0 Å². The molecule has 0 aromatic heterocycles. The minimum Gasteiger partial charge on any atom is -0.316 e. The van der Waals surface area contributed by atoms with Gasteiger partial charge in [-0.15, -0.1) is 0 Å². The number of fused-ring (bicyclic) bond motifs is 3. The number of rotatable bonds is 1. The zero-order chi connectivity index (χ0) is 16.8. The Hall–Kier alpha value is -2.54. The fourth-order valence-corrected chi connectivity index (χ4v) is 3.75. The molecule has 7 nitrogen and oxygen atoms in total. The molecule has 124 valence electrons. The van der Waals surface area contributed by atoms with Crippen molar-refractivity contribution in [2.75, 3.05) is 13.1 Å². The maximum absolute atomic E-state index is 12.9. The van der Waals surface area contributed by atoms with Crippen molar-refractivity contribution < 1.29 is 19.2 Å². The lowest BCUT2D eigenvalue weighted by Gasteiger charge is -2.27. The van der Waals surface area contributed by atoms with Crippen LogP contribution in [0.25, 0.3) is 0 Å². The molecule has 0 spiro atoms. The molecule has 1 fully saturated rings. The molecule has 0 saturated carbocycles. The summed E-state index contributed by atoms with van der Waals surface area (Å²) in [5.41, 5.74) is 2.78. The van der Waals surface area contributed by atoms with E-state index >= 15 is 0 Å². The average molecular weight is 327 g/mol. The second-order valence-corrected chi connectivity index (χ2v) is 6.32. The predicted octanol–water partition coefficient (Wildman–Crippen LogP) is -0.224. The predicted molar refractivity (Wildman–Crippen MR) is 83.4 cm³/mol. The molecule has 1 saturated heterocycles. The summed E-state index contributed by atoms with van der Waals surface area (Å²) in [5, 5.41) is 5.50. The van der Waals surface area contributed by atoms with Crippen molar-refractivity contribution in [3.63, 3.8) is 0 Å². The monoisotopic (exact) mass is 327 g/mol. The molecule has 0 bridgehead atoms. The molecule has 1 unspecified atom stereocenters. The van der Waals surface area contributed by atoms with E-state index in [1.807, 2.05) is 6.07 Å². The van der Waals surface area contributed by atoms with E-state index in [9.17, 15) is 19.2 Å². The summed E-state index contributed by atoms with van der Waals surface area (Å²) in [4.78, 5) is 50.1. The van der Waals surface area contributed by atoms with Crippen LogP contribution in [0.4, 0.5) is 0 Å². The van der Waals surface area contributed by atoms with Crippen LogP contribution in [0.15, 0.2) is 12.1 Å². The smallest absolute Gasteiger partial charge is 0.262 e. The fourth-order valence-electron chi connectivity index (χ4n) is 3.75. The highest BCUT2D eigenvalue weighted by Crippen LogP contribution is 2.32. The molecular weight excluding hydrogens is 310 g/mol. The van der Waals surface area contributed by atoms with Crippen molar-refractivity contribution in [3.05, 3.63) is 34.4 Å². The molecule has 3 aliphatic heterocycles. The van der Waals surface area contributed by atoms with E-state index < -0.39 is 23.8 Å². The molecule has 1 aromatic rings. The Morgan fingerprint density at radius 1 is 0.958 bits per heavy atom. The Labute approximate surface area is 138 Å². The van der Waals surface area contributed by atoms with Crippen molar-refractivity contribution in [1.82, 2.24) is 15.5 Å². The number of amides is 4. The number of benzene rings is 1. The van der Waals surface area contributed by atoms with E-state index in [-0.39, 0.29) is 18.7 Å². The van der Waals surface area contributed by atoms with Gasteiger partial charge in [-0.25, -0.2) is 0 Å². The maximum atomic E-state index is 12.9. The number of hydrogen-bond donors (Lipinski definition) is 2. The second kappa shape index (κ2) is 5.52. The first-order chi connectivity index (χ1) is 11.6. The van der Waals surface area contributed by atoms with E-state index in [4.69, 9.17) is 0 Å². The van der Waals surface area contributed by atoms with Crippen molar-refractivity contribution in [2.24, 2.45) is 0 Å². The molecular formula is C17H17N3O4. The number of piperidine rings is 1. The summed E-state index contributed by atoms with van der Waals surface area (Å²) < 4.78 is 0. The Bertz CT molecular complexity index is 786. The van der Waals surface area contributed by atoms with E-state index in [1.165, 1.54) is 0 Å². The average Bonchev–Trinajstić information content (AvgIpc) is 2.72. The van der Waals surface area contributed by atoms with Crippen LogP contribution < -0.4 is 10.6 Å². The van der Waals surface area contributed by atoms with Gasteiger partial charge in [-0.3, -0.25) is 29.4 Å². The number of nitrogens with one attached hydrogen (secondary N) is 2. The van der Waals surface area contributed by atoms with Crippen molar-refractivity contribution in [1.29, 1.82) is 0 Å². The van der Waals surface area contributed by atoms with Crippen LogP contribution in [-0.2, 0) is 22.4 Å². The molecule has 0 radical (unpaired) electrons. The summed E-state index contributed by atoms with van der Waals surface area (Å²) in [6.45, 7) is 1.59. The molecule has 2 N–H and O–H groups in total. The van der Waals surface area contributed by atoms with E-state index in [0.717, 1.165) is 35.5 Å². The van der Waals surface area contributed by atoms with Gasteiger partial charge in [0, 0.05) is 6.42 Å². The quantitative estimate of drug-likeness (QED) is 0.695. The normalized spacial score (nSPS) is 23.7. The lowest BCUT2D eigenvalue weighted by Crippen LogP contribution is -2.54. The number of carbonyl (C=O) groups excluding carboxylic acids is 4. The Balaban J connectivity index is 1.75. The van der Waals surface area contributed by atoms with Gasteiger partial charge in [0.2, 0.25) is 11.8 Å². The van der Waals surface area contributed by atoms with Gasteiger partial charge in [0.1, 0.15) is 6.04 Å². The van der Waals surface area contributed by atoms with Gasteiger partial charge in [-0.1, -0.05) is 6.07 Å². The first kappa shape index (κ1) is 15.0. The SMILES string of the molecule is O=C1CCC(N2C(=O)c3ccc4c(c3C2=O)CCNCC4)C(=O)N1. The van der Waals surface area contributed by atoms with Gasteiger partial charge >= 0.3 is 0 Å². The zero-order valence-electron chi connectivity index (χ0n) is 13.1. The zero-order valence-corrected chi connectivity index (χ0v) is 13.1. The van der Waals surface area contributed by atoms with Crippen molar-refractivity contribution >= 4 is 23.6 Å². The third-order valence-corrected chi connectivity index (χ3v) is 4.94. The summed E-state index contributed by atoms with van der Waals surface area (Å²) in [7, 11) is 0. The molecule has 24 heavy (non-hydrogen) atoms. The van der Waals surface area contributed by atoms with Crippen LogP contribution in [-0.4, -0.2) is 47.7 Å². The summed E-state index contributed by atoms with van der Waals surface area (Å²) in [6.07, 6.45) is 1.80. The van der Waals surface area contributed by atoms with Crippen molar-refractivity contribution in [2.45, 2.75) is 31.7 Å². The topological polar surface area (TPSA) is 95.6 Å². The molecule has 3 aliphatic rings. The number of carbonyl (C=O) groups is 4. The lowest BCUT2D eigenvalue weighted by atomic mass is 9.94. The van der Waals surface area contributed by atoms with Gasteiger partial charge in [0.05, 0.1) is 11.1 Å². The van der Waals surface area contributed by atoms with Crippen LogP contribution in [0.2, 0.25) is 0 Å². The van der Waals surface area contributed by atoms with Crippen molar-refractivity contribution in [3.8, 4) is 0 Å². The van der Waals surface area contributed by atoms with E-state index in [0.29, 0.717) is 17.5 Å². The summed E-state index contributed by atoms with van der Waals surface area (Å²) in [6, 6.07) is 2.68. The number of nitrogens with zero attached hydrogens (tertiary/aromatic N) is 1. The maximum Gasteiger partial charge on any atom is 0.262 e. The Morgan fingerprint density at radius 2 is 1.75 bits per heavy atom. The van der Waals surface area contributed by atoms with Gasteiger partial charge in [0.15, 0.2) is 0 Å². The number of hydrogen-bond acceptors (Lipinski definition) is 5. The third-order valence-electron chi connectivity index (χ3n) is 4.94. The van der Waals surface area contributed by atoms with Crippen LogP contribution in [0.5, 0.6) is 0 Å². The Kier molecular flexibility index (Phi) is 3.45. The summed E-state index contributed by atoms with van der Waals surface area (Å²) >= 11 is 0. The van der Waals surface area contributed by atoms with Crippen LogP contribution in [0.3, 0.4) is 0 Å². The molecule has 3 heterocycles. The largest absolute Gasteiger partial charge is 0.316 e. The molecule has 1 aromatic carbocycles. The highest BCUT2D eigenvalue weighted by Gasteiger charge is 2.45. The van der Waals surface area contributed by atoms with Crippen LogP contribution >= 0.6 is 0 Å². The van der Waals surface area contributed by atoms with E-state index in [1.54, 1.807) is 6.07 Å². The first-order valence-corrected chi connectivity index (χ1v) is 8.15. The second-order valence-electron chi connectivity index (χ2n) is 6.32. The molecule has 7 heteroatoms. The number of imide groups is 2. The van der Waals surface area contributed by atoms with Gasteiger partial charge < -0.3 is 5.32 Å². The minimum atomic E-state index is -0.908. The molecule has 1 atom stereocenters. The van der Waals surface area contributed by atoms with Crippen LogP contribution in [0.1, 0.15) is 44.7 Å². The lowest BCUT2D eigenvalue weighted by molar-refractivity contribution is -0.136. The highest BCUT2D eigenvalue weighted by molar-refractivity contribution is 6.24. The first-order valence-electron chi connectivity index (χ1n) is 8.15. The molecule has 4 rings (SSSR count). The van der Waals surface area contributed by atoms with E-state index in [2.05, 4.69) is 10.6 Å².